The van der Waals surface area contributed by atoms with Gasteiger partial charge in [-0.3, -0.25) is 4.79 Å². The van der Waals surface area contributed by atoms with Crippen molar-refractivity contribution in [2.45, 2.75) is 25.8 Å². The zero-order chi connectivity index (χ0) is 12.2. The second kappa shape index (κ2) is 5.63. The predicted octanol–water partition coefficient (Wildman–Crippen LogP) is -0.368. The van der Waals surface area contributed by atoms with Crippen LogP contribution in [0.5, 0.6) is 0 Å². The summed E-state index contributed by atoms with van der Waals surface area (Å²) in [5, 5.41) is 3.12. The van der Waals surface area contributed by atoms with Gasteiger partial charge in [-0.05, 0) is 19.4 Å². The van der Waals surface area contributed by atoms with Gasteiger partial charge in [-0.1, -0.05) is 6.92 Å². The van der Waals surface area contributed by atoms with E-state index in [1.54, 1.807) is 4.90 Å². The monoisotopic (exact) mass is 248 g/mol. The molecule has 0 aromatic heterocycles. The van der Waals surface area contributed by atoms with Gasteiger partial charge in [0, 0.05) is 19.3 Å². The molecule has 1 amide bonds. The Balaban J connectivity index is 2.32. The molecule has 1 aliphatic rings. The molecule has 0 bridgehead atoms. The Kier molecular flexibility index (Phi) is 4.73. The molecule has 0 radical (unpaired) electrons. The van der Waals surface area contributed by atoms with Gasteiger partial charge in [-0.2, -0.15) is 0 Å². The van der Waals surface area contributed by atoms with Crippen LogP contribution in [0.4, 0.5) is 0 Å². The third-order valence-corrected chi connectivity index (χ3v) is 3.72. The van der Waals surface area contributed by atoms with E-state index >= 15 is 0 Å². The van der Waals surface area contributed by atoms with Gasteiger partial charge in [0.15, 0.2) is 0 Å². The number of nitrogens with zero attached hydrogens (tertiary/aromatic N) is 1. The smallest absolute Gasteiger partial charge is 0.239 e. The summed E-state index contributed by atoms with van der Waals surface area (Å²) in [6, 6.07) is -0.0665. The van der Waals surface area contributed by atoms with Crippen molar-refractivity contribution in [1.82, 2.24) is 10.2 Å². The Morgan fingerprint density at radius 2 is 2.19 bits per heavy atom. The normalized spacial score (nSPS) is 21.8. The number of nitrogens with one attached hydrogen (secondary N) is 1. The maximum absolute atomic E-state index is 11.8. The van der Waals surface area contributed by atoms with E-state index in [1.165, 1.54) is 6.26 Å². The van der Waals surface area contributed by atoms with Gasteiger partial charge in [0.25, 0.3) is 0 Å². The second-order valence-electron chi connectivity index (χ2n) is 4.21. The van der Waals surface area contributed by atoms with E-state index in [1.807, 2.05) is 6.92 Å². The van der Waals surface area contributed by atoms with E-state index in [-0.39, 0.29) is 17.7 Å². The van der Waals surface area contributed by atoms with Crippen molar-refractivity contribution in [3.63, 3.8) is 0 Å². The minimum atomic E-state index is -2.91. The van der Waals surface area contributed by atoms with Crippen LogP contribution in [0.25, 0.3) is 0 Å². The molecule has 0 aromatic carbocycles. The molecule has 0 spiro atoms. The van der Waals surface area contributed by atoms with E-state index < -0.39 is 9.84 Å². The maximum Gasteiger partial charge on any atom is 0.239 e. The second-order valence-corrected chi connectivity index (χ2v) is 6.47. The van der Waals surface area contributed by atoms with Gasteiger partial charge in [-0.25, -0.2) is 8.42 Å². The van der Waals surface area contributed by atoms with E-state index in [0.29, 0.717) is 13.0 Å². The predicted molar refractivity (Wildman–Crippen MR) is 63.0 cm³/mol. The highest BCUT2D eigenvalue weighted by Crippen LogP contribution is 2.11. The van der Waals surface area contributed by atoms with Gasteiger partial charge < -0.3 is 10.2 Å². The molecule has 1 fully saturated rings. The van der Waals surface area contributed by atoms with Gasteiger partial charge in [0.1, 0.15) is 9.84 Å². The molecule has 0 aromatic rings. The molecule has 5 nitrogen and oxygen atoms in total. The Labute approximate surface area is 97.1 Å². The van der Waals surface area contributed by atoms with Crippen molar-refractivity contribution in [2.75, 3.05) is 31.6 Å². The molecule has 94 valence electrons. The largest absolute Gasteiger partial charge is 0.341 e. The molecule has 1 atom stereocenters. The number of rotatable bonds is 6. The summed E-state index contributed by atoms with van der Waals surface area (Å²) in [6.07, 6.45) is 2.58. The topological polar surface area (TPSA) is 66.5 Å². The summed E-state index contributed by atoms with van der Waals surface area (Å²) in [6.45, 7) is 4.04. The van der Waals surface area contributed by atoms with Crippen LogP contribution in [0.3, 0.4) is 0 Å². The third kappa shape index (κ3) is 4.09. The quantitative estimate of drug-likeness (QED) is 0.696. The van der Waals surface area contributed by atoms with Crippen LogP contribution < -0.4 is 5.32 Å². The first-order valence-corrected chi connectivity index (χ1v) is 7.70. The number of amides is 1. The Morgan fingerprint density at radius 1 is 1.50 bits per heavy atom. The number of hydrogen-bond acceptors (Lipinski definition) is 4. The summed E-state index contributed by atoms with van der Waals surface area (Å²) in [5.41, 5.74) is 0. The molecule has 1 saturated heterocycles. The van der Waals surface area contributed by atoms with Crippen molar-refractivity contribution in [1.29, 1.82) is 0 Å². The lowest BCUT2D eigenvalue weighted by molar-refractivity contribution is -0.129. The molecule has 1 unspecified atom stereocenters. The number of carbonyl (C=O) groups is 1. The first-order chi connectivity index (χ1) is 7.44. The first kappa shape index (κ1) is 13.4. The zero-order valence-corrected chi connectivity index (χ0v) is 10.7. The molecule has 16 heavy (non-hydrogen) atoms. The average Bonchev–Trinajstić information content (AvgIpc) is 2.48. The van der Waals surface area contributed by atoms with Gasteiger partial charge in [0.2, 0.25) is 5.91 Å². The van der Waals surface area contributed by atoms with Crippen LogP contribution >= 0.6 is 0 Å². The van der Waals surface area contributed by atoms with E-state index in [4.69, 9.17) is 0 Å². The lowest BCUT2D eigenvalue weighted by Gasteiger charge is -2.16. The molecule has 6 heteroatoms. The fourth-order valence-electron chi connectivity index (χ4n) is 1.91. The van der Waals surface area contributed by atoms with E-state index in [0.717, 1.165) is 19.5 Å². The highest BCUT2D eigenvalue weighted by atomic mass is 32.2. The number of hydrogen-bond donors (Lipinski definition) is 1. The summed E-state index contributed by atoms with van der Waals surface area (Å²) < 4.78 is 21.9. The highest BCUT2D eigenvalue weighted by Gasteiger charge is 2.30. The fraction of sp³-hybridized carbons (Fsp3) is 0.900. The van der Waals surface area contributed by atoms with E-state index in [9.17, 15) is 13.2 Å². The zero-order valence-electron chi connectivity index (χ0n) is 9.90. The van der Waals surface area contributed by atoms with Crippen molar-refractivity contribution < 1.29 is 13.2 Å². The Bertz CT molecular complexity index is 340. The van der Waals surface area contributed by atoms with Crippen LogP contribution in [0.1, 0.15) is 19.8 Å². The summed E-state index contributed by atoms with van der Waals surface area (Å²) in [5.74, 6) is 0.262. The van der Waals surface area contributed by atoms with Crippen molar-refractivity contribution in [3.8, 4) is 0 Å². The summed E-state index contributed by atoms with van der Waals surface area (Å²) >= 11 is 0. The fourth-order valence-corrected chi connectivity index (χ4v) is 2.57. The molecule has 1 aliphatic heterocycles. The number of carbonyl (C=O) groups excluding carboxylic acids is 1. The molecule has 0 saturated carbocycles. The lowest BCUT2D eigenvalue weighted by Crippen LogP contribution is -2.38. The van der Waals surface area contributed by atoms with Crippen LogP contribution in [0.15, 0.2) is 0 Å². The molecule has 1 heterocycles. The van der Waals surface area contributed by atoms with Crippen molar-refractivity contribution in [2.24, 2.45) is 0 Å². The van der Waals surface area contributed by atoms with Gasteiger partial charge in [0.05, 0.1) is 11.8 Å². The standard InChI is InChI=1S/C10H20N2O3S/c1-3-11-9-5-7-12(10(9)13)6-4-8-16(2,14)15/h9,11H,3-8H2,1-2H3. The van der Waals surface area contributed by atoms with Gasteiger partial charge >= 0.3 is 0 Å². The molecular formula is C10H20N2O3S. The Morgan fingerprint density at radius 3 is 2.75 bits per heavy atom. The number of likely N-dealkylation sites (N-methyl/N-ethyl adjacent to an activating group) is 1. The summed E-state index contributed by atoms with van der Waals surface area (Å²) in [7, 11) is -2.91. The summed E-state index contributed by atoms with van der Waals surface area (Å²) in [4.78, 5) is 13.5. The van der Waals surface area contributed by atoms with E-state index in [2.05, 4.69) is 5.32 Å². The highest BCUT2D eigenvalue weighted by molar-refractivity contribution is 7.90. The van der Waals surface area contributed by atoms with Crippen molar-refractivity contribution in [3.05, 3.63) is 0 Å². The van der Waals surface area contributed by atoms with Gasteiger partial charge in [-0.15, -0.1) is 0 Å². The minimum Gasteiger partial charge on any atom is -0.341 e. The lowest BCUT2D eigenvalue weighted by atomic mass is 10.2. The first-order valence-electron chi connectivity index (χ1n) is 5.64. The number of likely N-dealkylation sites (tertiary alicyclic amines) is 1. The maximum atomic E-state index is 11.8. The Hall–Kier alpha value is -0.620. The molecular weight excluding hydrogens is 228 g/mol. The minimum absolute atomic E-state index is 0.0665. The SMILES string of the molecule is CCNC1CCN(CCCS(C)(=O)=O)C1=O. The van der Waals surface area contributed by atoms with Crippen LogP contribution in [0.2, 0.25) is 0 Å². The molecule has 1 rings (SSSR count). The van der Waals surface area contributed by atoms with Crippen LogP contribution in [-0.2, 0) is 14.6 Å². The van der Waals surface area contributed by atoms with Crippen molar-refractivity contribution >= 4 is 15.7 Å². The third-order valence-electron chi connectivity index (χ3n) is 2.69. The number of sulfone groups is 1. The molecule has 0 aliphatic carbocycles. The van der Waals surface area contributed by atoms with Crippen LogP contribution in [-0.4, -0.2) is 56.9 Å². The molecule has 1 N–H and O–H groups in total. The van der Waals surface area contributed by atoms with Crippen LogP contribution in [0, 0.1) is 0 Å². The average molecular weight is 248 g/mol.